The first kappa shape index (κ1) is 12.9. The molecule has 1 heterocycles. The van der Waals surface area contributed by atoms with Gasteiger partial charge in [0.1, 0.15) is 15.9 Å². The molecule has 1 aromatic rings. The maximum Gasteiger partial charge on any atom is 0.242 e. The fourth-order valence-electron chi connectivity index (χ4n) is 1.94. The van der Waals surface area contributed by atoms with Gasteiger partial charge in [-0.3, -0.25) is 4.79 Å². The van der Waals surface area contributed by atoms with E-state index in [2.05, 4.69) is 10.6 Å². The Morgan fingerprint density at radius 2 is 2.17 bits per heavy atom. The van der Waals surface area contributed by atoms with Crippen molar-refractivity contribution < 1.29 is 13.2 Å². The lowest BCUT2D eigenvalue weighted by molar-refractivity contribution is -0.121. The number of anilines is 1. The number of benzene rings is 1. The second-order valence-corrected chi connectivity index (χ2v) is 6.74. The molecule has 0 saturated carbocycles. The highest BCUT2D eigenvalue weighted by Crippen LogP contribution is 2.24. The molecule has 0 bridgehead atoms. The van der Waals surface area contributed by atoms with Crippen LogP contribution in [0.25, 0.3) is 0 Å². The van der Waals surface area contributed by atoms with E-state index in [1.54, 1.807) is 0 Å². The van der Waals surface area contributed by atoms with Crippen molar-refractivity contribution in [3.8, 4) is 0 Å². The van der Waals surface area contributed by atoms with E-state index in [9.17, 15) is 13.2 Å². The predicted molar refractivity (Wildman–Crippen MR) is 70.3 cm³/mol. The SMILES string of the molecule is CS(=O)(=O)CCNC(=O)[C@@H]1Cc2ccccc2N1. The zero-order valence-corrected chi connectivity index (χ0v) is 11.0. The summed E-state index contributed by atoms with van der Waals surface area (Å²) in [4.78, 5) is 11.8. The highest BCUT2D eigenvalue weighted by atomic mass is 32.2. The summed E-state index contributed by atoms with van der Waals surface area (Å²) in [5.41, 5.74) is 2.08. The van der Waals surface area contributed by atoms with E-state index in [-0.39, 0.29) is 24.2 Å². The van der Waals surface area contributed by atoms with Crippen LogP contribution in [0.3, 0.4) is 0 Å². The maximum absolute atomic E-state index is 11.8. The van der Waals surface area contributed by atoms with Gasteiger partial charge < -0.3 is 10.6 Å². The van der Waals surface area contributed by atoms with Crippen molar-refractivity contribution in [3.63, 3.8) is 0 Å². The number of para-hydroxylation sites is 1. The summed E-state index contributed by atoms with van der Waals surface area (Å²) in [6.45, 7) is 0.159. The zero-order valence-electron chi connectivity index (χ0n) is 10.1. The Kier molecular flexibility index (Phi) is 3.56. The third-order valence-electron chi connectivity index (χ3n) is 2.86. The maximum atomic E-state index is 11.8. The lowest BCUT2D eigenvalue weighted by atomic mass is 10.1. The molecule has 0 fully saturated rings. The molecule has 0 aliphatic carbocycles. The van der Waals surface area contributed by atoms with Crippen LogP contribution in [0.15, 0.2) is 24.3 Å². The van der Waals surface area contributed by atoms with Crippen molar-refractivity contribution in [2.24, 2.45) is 0 Å². The summed E-state index contributed by atoms with van der Waals surface area (Å²) in [6.07, 6.45) is 1.80. The number of carbonyl (C=O) groups is 1. The Morgan fingerprint density at radius 3 is 2.83 bits per heavy atom. The van der Waals surface area contributed by atoms with Gasteiger partial charge in [-0.25, -0.2) is 8.42 Å². The predicted octanol–water partition coefficient (Wildman–Crippen LogP) is 0.184. The van der Waals surface area contributed by atoms with Crippen LogP contribution in [0.4, 0.5) is 5.69 Å². The molecular formula is C12H16N2O3S. The molecule has 1 aliphatic rings. The minimum absolute atomic E-state index is 0.0294. The average Bonchev–Trinajstić information content (AvgIpc) is 2.70. The first-order valence-electron chi connectivity index (χ1n) is 5.75. The number of fused-ring (bicyclic) bond motifs is 1. The number of nitrogens with one attached hydrogen (secondary N) is 2. The molecular weight excluding hydrogens is 252 g/mol. The van der Waals surface area contributed by atoms with Crippen LogP contribution in [0.1, 0.15) is 5.56 Å². The number of rotatable bonds is 4. The van der Waals surface area contributed by atoms with E-state index < -0.39 is 9.84 Å². The van der Waals surface area contributed by atoms with Crippen molar-refractivity contribution in [3.05, 3.63) is 29.8 Å². The highest BCUT2D eigenvalue weighted by molar-refractivity contribution is 7.90. The molecule has 5 nitrogen and oxygen atoms in total. The van der Waals surface area contributed by atoms with Gasteiger partial charge in [0.25, 0.3) is 0 Å². The Labute approximate surface area is 107 Å². The molecule has 0 saturated heterocycles. The van der Waals surface area contributed by atoms with Crippen LogP contribution in [-0.2, 0) is 21.1 Å². The van der Waals surface area contributed by atoms with Gasteiger partial charge >= 0.3 is 0 Å². The minimum atomic E-state index is -3.03. The largest absolute Gasteiger partial charge is 0.373 e. The van der Waals surface area contributed by atoms with E-state index in [0.717, 1.165) is 17.5 Å². The van der Waals surface area contributed by atoms with Crippen molar-refractivity contribution in [1.82, 2.24) is 5.32 Å². The van der Waals surface area contributed by atoms with Crippen molar-refractivity contribution >= 4 is 21.4 Å². The lowest BCUT2D eigenvalue weighted by Crippen LogP contribution is -2.40. The standard InChI is InChI=1S/C12H16N2O3S/c1-18(16,17)7-6-13-12(15)11-8-9-4-2-3-5-10(9)14-11/h2-5,11,14H,6-8H2,1H3,(H,13,15)/t11-/m0/s1. The van der Waals surface area contributed by atoms with Gasteiger partial charge in [0, 0.05) is 24.9 Å². The topological polar surface area (TPSA) is 75.3 Å². The Hall–Kier alpha value is -1.56. The van der Waals surface area contributed by atoms with Crippen LogP contribution >= 0.6 is 0 Å². The van der Waals surface area contributed by atoms with E-state index in [1.165, 1.54) is 0 Å². The van der Waals surface area contributed by atoms with Gasteiger partial charge in [-0.05, 0) is 11.6 Å². The summed E-state index contributed by atoms with van der Waals surface area (Å²) in [7, 11) is -3.03. The van der Waals surface area contributed by atoms with Gasteiger partial charge in [-0.2, -0.15) is 0 Å². The fourth-order valence-corrected chi connectivity index (χ4v) is 2.41. The number of hydrogen-bond acceptors (Lipinski definition) is 4. The quantitative estimate of drug-likeness (QED) is 0.817. The number of amides is 1. The molecule has 18 heavy (non-hydrogen) atoms. The summed E-state index contributed by atoms with van der Waals surface area (Å²) in [5, 5.41) is 5.76. The highest BCUT2D eigenvalue weighted by Gasteiger charge is 2.25. The molecule has 1 atom stereocenters. The van der Waals surface area contributed by atoms with E-state index in [0.29, 0.717) is 6.42 Å². The van der Waals surface area contributed by atoms with Crippen molar-refractivity contribution in [2.45, 2.75) is 12.5 Å². The molecule has 1 aromatic carbocycles. The smallest absolute Gasteiger partial charge is 0.242 e. The molecule has 0 aromatic heterocycles. The van der Waals surface area contributed by atoms with Crippen LogP contribution in [0.5, 0.6) is 0 Å². The van der Waals surface area contributed by atoms with Crippen LogP contribution in [0, 0.1) is 0 Å². The van der Waals surface area contributed by atoms with Crippen LogP contribution < -0.4 is 10.6 Å². The summed E-state index contributed by atoms with van der Waals surface area (Å²) in [6, 6.07) is 7.45. The summed E-state index contributed by atoms with van der Waals surface area (Å²) in [5.74, 6) is -0.187. The molecule has 0 radical (unpaired) electrons. The molecule has 1 amide bonds. The van der Waals surface area contributed by atoms with E-state index >= 15 is 0 Å². The lowest BCUT2D eigenvalue weighted by Gasteiger charge is -2.11. The normalized spacial score (nSPS) is 17.9. The minimum Gasteiger partial charge on any atom is -0.373 e. The Balaban J connectivity index is 1.86. The van der Waals surface area contributed by atoms with Gasteiger partial charge in [-0.15, -0.1) is 0 Å². The number of carbonyl (C=O) groups excluding carboxylic acids is 1. The second-order valence-electron chi connectivity index (χ2n) is 4.48. The van der Waals surface area contributed by atoms with Gasteiger partial charge in [0.2, 0.25) is 5.91 Å². The van der Waals surface area contributed by atoms with Crippen LogP contribution in [0.2, 0.25) is 0 Å². The van der Waals surface area contributed by atoms with Gasteiger partial charge in [-0.1, -0.05) is 18.2 Å². The molecule has 1 aliphatic heterocycles. The second kappa shape index (κ2) is 4.97. The molecule has 6 heteroatoms. The number of hydrogen-bond donors (Lipinski definition) is 2. The van der Waals surface area contributed by atoms with Gasteiger partial charge in [0.05, 0.1) is 5.75 Å². The van der Waals surface area contributed by atoms with E-state index in [1.807, 2.05) is 24.3 Å². The monoisotopic (exact) mass is 268 g/mol. The summed E-state index contributed by atoms with van der Waals surface area (Å²) < 4.78 is 21.9. The van der Waals surface area contributed by atoms with E-state index in [4.69, 9.17) is 0 Å². The summed E-state index contributed by atoms with van der Waals surface area (Å²) >= 11 is 0. The third kappa shape index (κ3) is 3.22. The zero-order chi connectivity index (χ0) is 13.2. The molecule has 0 spiro atoms. The average molecular weight is 268 g/mol. The van der Waals surface area contributed by atoms with Gasteiger partial charge in [0.15, 0.2) is 0 Å². The Morgan fingerprint density at radius 1 is 1.44 bits per heavy atom. The molecule has 98 valence electrons. The number of sulfone groups is 1. The third-order valence-corrected chi connectivity index (χ3v) is 3.81. The van der Waals surface area contributed by atoms with Crippen molar-refractivity contribution in [1.29, 1.82) is 0 Å². The molecule has 2 rings (SSSR count). The van der Waals surface area contributed by atoms with Crippen molar-refractivity contribution in [2.75, 3.05) is 23.9 Å². The molecule has 0 unspecified atom stereocenters. The fraction of sp³-hybridized carbons (Fsp3) is 0.417. The van der Waals surface area contributed by atoms with Crippen LogP contribution in [-0.4, -0.2) is 38.9 Å². The first-order chi connectivity index (χ1) is 8.46. The molecule has 2 N–H and O–H groups in total. The first-order valence-corrected chi connectivity index (χ1v) is 7.81. The Bertz CT molecular complexity index is 529.